The van der Waals surface area contributed by atoms with E-state index in [2.05, 4.69) is 35.5 Å². The highest BCUT2D eigenvalue weighted by Crippen LogP contribution is 2.34. The van der Waals surface area contributed by atoms with Crippen LogP contribution in [0.2, 0.25) is 0 Å². The molecule has 0 atom stereocenters. The number of fused-ring (bicyclic) bond motifs is 1. The predicted molar refractivity (Wildman–Crippen MR) is 96.8 cm³/mol. The largest absolute Gasteiger partial charge is 0.416 e. The first-order chi connectivity index (χ1) is 14.6. The van der Waals surface area contributed by atoms with E-state index in [0.717, 1.165) is 24.3 Å². The zero-order valence-electron chi connectivity index (χ0n) is 15.1. The van der Waals surface area contributed by atoms with Crippen LogP contribution in [0.25, 0.3) is 11.3 Å². The average molecular weight is 440 g/mol. The first kappa shape index (κ1) is 20.4. The number of hydrogen-bond acceptors (Lipinski definition) is 7. The number of rotatable bonds is 4. The third-order valence-corrected chi connectivity index (χ3v) is 4.04. The van der Waals surface area contributed by atoms with E-state index in [-0.39, 0.29) is 34.3 Å². The van der Waals surface area contributed by atoms with Gasteiger partial charge in [-0.2, -0.15) is 26.3 Å². The summed E-state index contributed by atoms with van der Waals surface area (Å²) in [4.78, 5) is 8.23. The van der Waals surface area contributed by atoms with Crippen LogP contribution in [-0.2, 0) is 12.4 Å². The van der Waals surface area contributed by atoms with Gasteiger partial charge in [0.1, 0.15) is 0 Å². The zero-order valence-corrected chi connectivity index (χ0v) is 15.1. The van der Waals surface area contributed by atoms with Crippen molar-refractivity contribution in [3.8, 4) is 0 Å². The lowest BCUT2D eigenvalue weighted by Crippen LogP contribution is -2.07. The van der Waals surface area contributed by atoms with Crippen molar-refractivity contribution in [1.82, 2.24) is 20.3 Å². The number of aromatic nitrogens is 4. The summed E-state index contributed by atoms with van der Waals surface area (Å²) >= 11 is 0. The lowest BCUT2D eigenvalue weighted by atomic mass is 10.2. The van der Waals surface area contributed by atoms with Gasteiger partial charge in [0.05, 0.1) is 11.1 Å². The van der Waals surface area contributed by atoms with Crippen LogP contribution in [0.3, 0.4) is 0 Å². The molecular formula is C18H10F6N6O. The molecule has 0 radical (unpaired) electrons. The number of alkyl halides is 6. The molecule has 2 aromatic heterocycles. The van der Waals surface area contributed by atoms with Gasteiger partial charge in [0.25, 0.3) is 0 Å². The number of halogens is 6. The second-order valence-electron chi connectivity index (χ2n) is 6.24. The molecule has 2 aromatic carbocycles. The molecule has 0 aliphatic rings. The van der Waals surface area contributed by atoms with E-state index in [1.54, 1.807) is 0 Å². The van der Waals surface area contributed by atoms with Crippen LogP contribution in [0.1, 0.15) is 11.1 Å². The molecule has 2 heterocycles. The van der Waals surface area contributed by atoms with Crippen molar-refractivity contribution in [2.45, 2.75) is 12.4 Å². The quantitative estimate of drug-likeness (QED) is 0.403. The summed E-state index contributed by atoms with van der Waals surface area (Å²) in [6.07, 6.45) is -9.05. The van der Waals surface area contributed by atoms with Crippen molar-refractivity contribution < 1.29 is 31.0 Å². The SMILES string of the molecule is FC(F)(F)c1ccc(Nc2nc3nonc3nc2Nc2cccc(C(F)(F)F)c2)cc1. The van der Waals surface area contributed by atoms with Crippen molar-refractivity contribution in [3.05, 3.63) is 59.7 Å². The Morgan fingerprint density at radius 2 is 1.19 bits per heavy atom. The summed E-state index contributed by atoms with van der Waals surface area (Å²) in [6.45, 7) is 0. The van der Waals surface area contributed by atoms with Gasteiger partial charge in [0.2, 0.25) is 11.3 Å². The molecule has 4 aromatic rings. The lowest BCUT2D eigenvalue weighted by molar-refractivity contribution is -0.138. The third kappa shape index (κ3) is 4.49. The average Bonchev–Trinajstić information content (AvgIpc) is 3.15. The number of nitrogens with zero attached hydrogens (tertiary/aromatic N) is 4. The van der Waals surface area contributed by atoms with E-state index in [9.17, 15) is 26.3 Å². The Morgan fingerprint density at radius 1 is 0.645 bits per heavy atom. The Morgan fingerprint density at radius 3 is 1.74 bits per heavy atom. The molecule has 0 bridgehead atoms. The molecule has 160 valence electrons. The fourth-order valence-electron chi connectivity index (χ4n) is 2.60. The maximum atomic E-state index is 13.0. The van der Waals surface area contributed by atoms with Gasteiger partial charge in [-0.05, 0) is 52.8 Å². The Bertz CT molecular complexity index is 1220. The minimum atomic E-state index is -4.55. The molecular weight excluding hydrogens is 430 g/mol. The molecule has 0 aliphatic heterocycles. The highest BCUT2D eigenvalue weighted by atomic mass is 19.4. The molecule has 0 saturated carbocycles. The normalized spacial score (nSPS) is 12.2. The van der Waals surface area contributed by atoms with Gasteiger partial charge >= 0.3 is 12.4 Å². The van der Waals surface area contributed by atoms with E-state index >= 15 is 0 Å². The molecule has 0 spiro atoms. The molecule has 0 aliphatic carbocycles. The molecule has 13 heteroatoms. The highest BCUT2D eigenvalue weighted by molar-refractivity contribution is 5.79. The maximum Gasteiger partial charge on any atom is 0.416 e. The van der Waals surface area contributed by atoms with E-state index in [0.29, 0.717) is 0 Å². The van der Waals surface area contributed by atoms with Gasteiger partial charge in [-0.1, -0.05) is 6.07 Å². The van der Waals surface area contributed by atoms with E-state index < -0.39 is 23.5 Å². The standard InChI is InChI=1S/C18H10F6N6O/c19-17(20,21)9-4-6-11(7-5-9)25-13-14(28-16-15(27-13)29-31-30-16)26-12-3-1-2-10(8-12)18(22,23)24/h1-8H,(H,25,27,29)(H,26,28,30). The van der Waals surface area contributed by atoms with Crippen LogP contribution in [0.4, 0.5) is 49.4 Å². The number of benzene rings is 2. The van der Waals surface area contributed by atoms with Crippen molar-refractivity contribution in [2.75, 3.05) is 10.6 Å². The van der Waals surface area contributed by atoms with Gasteiger partial charge < -0.3 is 10.6 Å². The van der Waals surface area contributed by atoms with Gasteiger partial charge in [-0.15, -0.1) is 0 Å². The summed E-state index contributed by atoms with van der Waals surface area (Å²) in [7, 11) is 0. The number of hydrogen-bond donors (Lipinski definition) is 2. The second kappa shape index (κ2) is 7.41. The predicted octanol–water partition coefficient (Wildman–Crippen LogP) is 5.54. The third-order valence-electron chi connectivity index (χ3n) is 4.04. The Balaban J connectivity index is 1.68. The monoisotopic (exact) mass is 440 g/mol. The van der Waals surface area contributed by atoms with Crippen LogP contribution in [-0.4, -0.2) is 20.3 Å². The van der Waals surface area contributed by atoms with Gasteiger partial charge in [0.15, 0.2) is 11.6 Å². The molecule has 0 fully saturated rings. The summed E-state index contributed by atoms with van der Waals surface area (Å²) < 4.78 is 81.7. The Kier molecular flexibility index (Phi) is 4.87. The summed E-state index contributed by atoms with van der Waals surface area (Å²) in [5.74, 6) is -0.0530. The summed E-state index contributed by atoms with van der Waals surface area (Å²) in [6, 6.07) is 8.44. The minimum absolute atomic E-state index is 0.0102. The van der Waals surface area contributed by atoms with Gasteiger partial charge in [-0.3, -0.25) is 0 Å². The molecule has 0 amide bonds. The molecule has 0 unspecified atom stereocenters. The fourth-order valence-corrected chi connectivity index (χ4v) is 2.60. The fraction of sp³-hybridized carbons (Fsp3) is 0.111. The van der Waals surface area contributed by atoms with Gasteiger partial charge in [-0.25, -0.2) is 14.6 Å². The van der Waals surface area contributed by atoms with Crippen LogP contribution >= 0.6 is 0 Å². The van der Waals surface area contributed by atoms with Crippen LogP contribution in [0, 0.1) is 0 Å². The smallest absolute Gasteiger partial charge is 0.337 e. The first-order valence-electron chi connectivity index (χ1n) is 8.48. The minimum Gasteiger partial charge on any atom is -0.337 e. The molecule has 0 saturated heterocycles. The number of nitrogens with one attached hydrogen (secondary N) is 2. The van der Waals surface area contributed by atoms with Crippen LogP contribution in [0.15, 0.2) is 53.2 Å². The van der Waals surface area contributed by atoms with E-state index in [4.69, 9.17) is 0 Å². The Hall–Kier alpha value is -3.90. The molecule has 2 N–H and O–H groups in total. The van der Waals surface area contributed by atoms with Crippen molar-refractivity contribution in [1.29, 1.82) is 0 Å². The molecule has 31 heavy (non-hydrogen) atoms. The highest BCUT2D eigenvalue weighted by Gasteiger charge is 2.31. The van der Waals surface area contributed by atoms with E-state index in [1.807, 2.05) is 0 Å². The molecule has 7 nitrogen and oxygen atoms in total. The van der Waals surface area contributed by atoms with Crippen molar-refractivity contribution in [2.24, 2.45) is 0 Å². The summed E-state index contributed by atoms with van der Waals surface area (Å²) in [5.41, 5.74) is -1.48. The van der Waals surface area contributed by atoms with Crippen molar-refractivity contribution in [3.63, 3.8) is 0 Å². The first-order valence-corrected chi connectivity index (χ1v) is 8.48. The summed E-state index contributed by atoms with van der Waals surface area (Å²) in [5, 5.41) is 12.5. The maximum absolute atomic E-state index is 13.0. The van der Waals surface area contributed by atoms with E-state index in [1.165, 1.54) is 24.3 Å². The zero-order chi connectivity index (χ0) is 22.2. The van der Waals surface area contributed by atoms with Crippen molar-refractivity contribution >= 4 is 34.3 Å². The van der Waals surface area contributed by atoms with Crippen LogP contribution in [0.5, 0.6) is 0 Å². The van der Waals surface area contributed by atoms with Gasteiger partial charge in [0, 0.05) is 11.4 Å². The molecule has 4 rings (SSSR count). The topological polar surface area (TPSA) is 88.8 Å². The second-order valence-corrected chi connectivity index (χ2v) is 6.24. The van der Waals surface area contributed by atoms with Crippen LogP contribution < -0.4 is 10.6 Å². The number of anilines is 4. The lowest BCUT2D eigenvalue weighted by Gasteiger charge is -2.14. The Labute approximate surface area is 169 Å².